The third-order valence-corrected chi connectivity index (χ3v) is 3.07. The van der Waals surface area contributed by atoms with E-state index in [0.717, 1.165) is 16.9 Å². The number of allylic oxidation sites excluding steroid dienone is 1. The summed E-state index contributed by atoms with van der Waals surface area (Å²) in [7, 11) is 0. The molecule has 2 aromatic rings. The molecule has 0 bridgehead atoms. The average molecular weight is 288 g/mol. The quantitative estimate of drug-likeness (QED) is 0.856. The maximum atomic E-state index is 11.5. The molecule has 5 heteroatoms. The number of benzene rings is 1. The van der Waals surface area contributed by atoms with Crippen LogP contribution in [0.25, 0.3) is 0 Å². The largest absolute Gasteiger partial charge is 0.431 e. The Morgan fingerprint density at radius 1 is 1.35 bits per heavy atom. The zero-order chi connectivity index (χ0) is 14.4. The molecule has 1 N–H and O–H groups in total. The van der Waals surface area contributed by atoms with Crippen LogP contribution in [0.1, 0.15) is 19.4 Å². The monoisotopic (exact) mass is 288 g/mol. The van der Waals surface area contributed by atoms with Crippen molar-refractivity contribution in [2.45, 2.75) is 20.4 Å². The fourth-order valence-corrected chi connectivity index (χ4v) is 2.04. The summed E-state index contributed by atoms with van der Waals surface area (Å²) in [5, 5.41) is 5.31. The van der Waals surface area contributed by atoms with Crippen LogP contribution in [0.5, 0.6) is 10.9 Å². The van der Waals surface area contributed by atoms with Crippen molar-refractivity contribution in [3.63, 3.8) is 0 Å². The maximum absolute atomic E-state index is 11.5. The molecule has 0 saturated heterocycles. The summed E-state index contributed by atoms with van der Waals surface area (Å²) in [5.41, 5.74) is 2.00. The van der Waals surface area contributed by atoms with Gasteiger partial charge in [-0.1, -0.05) is 29.0 Å². The van der Waals surface area contributed by atoms with Crippen molar-refractivity contribution in [2.75, 3.05) is 0 Å². The van der Waals surface area contributed by atoms with Gasteiger partial charge in [-0.15, -0.1) is 0 Å². The predicted molar refractivity (Wildman–Crippen MR) is 79.9 cm³/mol. The number of aromatic nitrogens is 1. The van der Waals surface area contributed by atoms with Crippen LogP contribution in [-0.2, 0) is 11.3 Å². The van der Waals surface area contributed by atoms with Gasteiger partial charge in [-0.2, -0.15) is 0 Å². The van der Waals surface area contributed by atoms with E-state index in [-0.39, 0.29) is 5.91 Å². The summed E-state index contributed by atoms with van der Waals surface area (Å²) in [4.78, 5) is 15.5. The number of nitrogens with one attached hydrogen (secondary N) is 1. The van der Waals surface area contributed by atoms with Crippen LogP contribution in [0.15, 0.2) is 47.5 Å². The molecule has 2 rings (SSSR count). The van der Waals surface area contributed by atoms with Crippen LogP contribution in [0.2, 0.25) is 0 Å². The number of amides is 1. The lowest BCUT2D eigenvalue weighted by molar-refractivity contribution is -0.116. The highest BCUT2D eigenvalue weighted by molar-refractivity contribution is 7.11. The minimum absolute atomic E-state index is 0.0758. The van der Waals surface area contributed by atoms with E-state index in [4.69, 9.17) is 4.74 Å². The van der Waals surface area contributed by atoms with Gasteiger partial charge >= 0.3 is 0 Å². The van der Waals surface area contributed by atoms with Crippen LogP contribution in [-0.4, -0.2) is 10.9 Å². The standard InChI is InChI=1S/C15H16N2O2S/c1-11(2)9-14(18)17-10-12-3-5-13(6-4-12)19-15-16-7-8-20-15/h3-9H,10H2,1-2H3,(H,17,18). The normalized spacial score (nSPS) is 9.90. The van der Waals surface area contributed by atoms with Crippen LogP contribution >= 0.6 is 11.3 Å². The van der Waals surface area contributed by atoms with Gasteiger partial charge in [-0.05, 0) is 31.5 Å². The van der Waals surface area contributed by atoms with Gasteiger partial charge in [0, 0.05) is 24.2 Å². The Kier molecular flexibility index (Phi) is 4.90. The average Bonchev–Trinajstić information content (AvgIpc) is 2.90. The third-order valence-electron chi connectivity index (χ3n) is 2.42. The molecule has 1 amide bonds. The molecule has 0 aliphatic heterocycles. The molecule has 1 heterocycles. The van der Waals surface area contributed by atoms with Gasteiger partial charge < -0.3 is 10.1 Å². The first-order valence-electron chi connectivity index (χ1n) is 6.22. The summed E-state index contributed by atoms with van der Waals surface area (Å²) in [6.07, 6.45) is 3.28. The Bertz CT molecular complexity index is 585. The minimum atomic E-state index is -0.0758. The molecule has 1 aromatic carbocycles. The SMILES string of the molecule is CC(C)=CC(=O)NCc1ccc(Oc2nccs2)cc1. The van der Waals surface area contributed by atoms with E-state index in [0.29, 0.717) is 11.7 Å². The lowest BCUT2D eigenvalue weighted by Crippen LogP contribution is -2.20. The second-order valence-corrected chi connectivity index (χ2v) is 5.34. The van der Waals surface area contributed by atoms with Gasteiger partial charge in [0.2, 0.25) is 5.91 Å². The first-order valence-corrected chi connectivity index (χ1v) is 7.10. The molecule has 20 heavy (non-hydrogen) atoms. The van der Waals surface area contributed by atoms with Crippen molar-refractivity contribution >= 4 is 17.2 Å². The van der Waals surface area contributed by atoms with E-state index in [9.17, 15) is 4.79 Å². The minimum Gasteiger partial charge on any atom is -0.431 e. The van der Waals surface area contributed by atoms with E-state index < -0.39 is 0 Å². The Morgan fingerprint density at radius 2 is 2.10 bits per heavy atom. The lowest BCUT2D eigenvalue weighted by atomic mass is 10.2. The van der Waals surface area contributed by atoms with E-state index >= 15 is 0 Å². The molecule has 0 unspecified atom stereocenters. The summed E-state index contributed by atoms with van der Waals surface area (Å²) >= 11 is 1.44. The number of nitrogens with zero attached hydrogens (tertiary/aromatic N) is 1. The Balaban J connectivity index is 1.88. The number of hydrogen-bond acceptors (Lipinski definition) is 4. The van der Waals surface area contributed by atoms with Crippen molar-refractivity contribution in [3.8, 4) is 10.9 Å². The number of hydrogen-bond donors (Lipinski definition) is 1. The molecule has 0 aliphatic rings. The van der Waals surface area contributed by atoms with E-state index in [1.165, 1.54) is 11.3 Å². The topological polar surface area (TPSA) is 51.2 Å². The van der Waals surface area contributed by atoms with Gasteiger partial charge in [0.25, 0.3) is 5.19 Å². The summed E-state index contributed by atoms with van der Waals surface area (Å²) in [6.45, 7) is 4.29. The van der Waals surface area contributed by atoms with Crippen molar-refractivity contribution in [3.05, 3.63) is 53.1 Å². The molecule has 0 aliphatic carbocycles. The number of rotatable bonds is 5. The van der Waals surface area contributed by atoms with Gasteiger partial charge in [-0.3, -0.25) is 4.79 Å². The van der Waals surface area contributed by atoms with Crippen LogP contribution in [0, 0.1) is 0 Å². The van der Waals surface area contributed by atoms with Gasteiger partial charge in [0.05, 0.1) is 0 Å². The van der Waals surface area contributed by atoms with Crippen LogP contribution in [0.4, 0.5) is 0 Å². The molecule has 0 atom stereocenters. The molecule has 0 spiro atoms. The summed E-state index contributed by atoms with van der Waals surface area (Å²) < 4.78 is 5.56. The Labute approximate surface area is 122 Å². The van der Waals surface area contributed by atoms with E-state index in [1.54, 1.807) is 12.3 Å². The molecule has 0 fully saturated rings. The molecular formula is C15H16N2O2S. The van der Waals surface area contributed by atoms with Crippen molar-refractivity contribution < 1.29 is 9.53 Å². The number of carbonyl (C=O) groups is 1. The van der Waals surface area contributed by atoms with Gasteiger partial charge in [0.15, 0.2) is 0 Å². The number of thiazole rings is 1. The molecular weight excluding hydrogens is 272 g/mol. The van der Waals surface area contributed by atoms with E-state index in [1.807, 2.05) is 43.5 Å². The molecule has 0 radical (unpaired) electrons. The predicted octanol–water partition coefficient (Wildman–Crippen LogP) is 3.52. The first kappa shape index (κ1) is 14.3. The smallest absolute Gasteiger partial charge is 0.278 e. The summed E-state index contributed by atoms with van der Waals surface area (Å²) in [5.74, 6) is 0.660. The summed E-state index contributed by atoms with van der Waals surface area (Å²) in [6, 6.07) is 7.57. The zero-order valence-electron chi connectivity index (χ0n) is 11.4. The molecule has 104 valence electrons. The fraction of sp³-hybridized carbons (Fsp3) is 0.200. The highest BCUT2D eigenvalue weighted by Gasteiger charge is 2.01. The third kappa shape index (κ3) is 4.51. The van der Waals surface area contributed by atoms with Crippen molar-refractivity contribution in [1.82, 2.24) is 10.3 Å². The lowest BCUT2D eigenvalue weighted by Gasteiger charge is -2.05. The molecule has 0 saturated carbocycles. The van der Waals surface area contributed by atoms with Crippen molar-refractivity contribution in [2.24, 2.45) is 0 Å². The van der Waals surface area contributed by atoms with Gasteiger partial charge in [-0.25, -0.2) is 4.98 Å². The maximum Gasteiger partial charge on any atom is 0.278 e. The second-order valence-electron chi connectivity index (χ2n) is 4.48. The van der Waals surface area contributed by atoms with E-state index in [2.05, 4.69) is 10.3 Å². The Morgan fingerprint density at radius 3 is 2.70 bits per heavy atom. The zero-order valence-corrected chi connectivity index (χ0v) is 12.2. The highest BCUT2D eigenvalue weighted by Crippen LogP contribution is 2.23. The molecule has 1 aromatic heterocycles. The molecule has 4 nitrogen and oxygen atoms in total. The number of carbonyl (C=O) groups excluding carboxylic acids is 1. The first-order chi connectivity index (χ1) is 9.63. The van der Waals surface area contributed by atoms with Gasteiger partial charge in [0.1, 0.15) is 5.75 Å². The highest BCUT2D eigenvalue weighted by atomic mass is 32.1. The fourth-order valence-electron chi connectivity index (χ4n) is 1.54. The van der Waals surface area contributed by atoms with Crippen LogP contribution < -0.4 is 10.1 Å². The number of ether oxygens (including phenoxy) is 1. The second kappa shape index (κ2) is 6.86. The van der Waals surface area contributed by atoms with Crippen molar-refractivity contribution in [1.29, 1.82) is 0 Å². The Hall–Kier alpha value is -2.14. The van der Waals surface area contributed by atoms with Crippen LogP contribution in [0.3, 0.4) is 0 Å².